The van der Waals surface area contributed by atoms with Gasteiger partial charge in [-0.2, -0.15) is 0 Å². The van der Waals surface area contributed by atoms with Crippen LogP contribution in [-0.4, -0.2) is 23.9 Å². The van der Waals surface area contributed by atoms with Gasteiger partial charge in [0.05, 0.1) is 23.9 Å². The number of hydrogen-bond donors (Lipinski definition) is 0. The SMILES string of the molecule is C1C2OC2C2C1C1CC2C2C1C1CC23CC1O3. The molecule has 8 aliphatic rings. The molecule has 0 N–H and O–H groups in total. The third kappa shape index (κ3) is 0.613. The fourth-order valence-corrected chi connectivity index (χ4v) is 7.99. The maximum atomic E-state index is 6.26. The first-order valence-corrected chi connectivity index (χ1v) is 7.69. The molecule has 0 amide bonds. The molecule has 3 aliphatic heterocycles. The minimum Gasteiger partial charge on any atom is -0.371 e. The predicted molar refractivity (Wildman–Crippen MR) is 59.2 cm³/mol. The highest BCUT2D eigenvalue weighted by Gasteiger charge is 2.81. The van der Waals surface area contributed by atoms with Gasteiger partial charge >= 0.3 is 0 Å². The molecule has 0 aromatic carbocycles. The molecule has 8 fully saturated rings. The van der Waals surface area contributed by atoms with E-state index in [4.69, 9.17) is 9.47 Å². The van der Waals surface area contributed by atoms with Crippen molar-refractivity contribution in [2.75, 3.05) is 0 Å². The van der Waals surface area contributed by atoms with Crippen LogP contribution in [0.15, 0.2) is 0 Å². The first-order valence-electron chi connectivity index (χ1n) is 7.69. The molecule has 90 valence electrons. The number of fused-ring (bicyclic) bond motifs is 10. The fraction of sp³-hybridized carbons (Fsp3) is 1.00. The molecule has 2 nitrogen and oxygen atoms in total. The van der Waals surface area contributed by atoms with Gasteiger partial charge in [0.2, 0.25) is 0 Å². The van der Waals surface area contributed by atoms with Gasteiger partial charge in [-0.05, 0) is 60.7 Å². The molecular formula is C15H18O2. The van der Waals surface area contributed by atoms with Gasteiger partial charge < -0.3 is 9.47 Å². The van der Waals surface area contributed by atoms with Crippen LogP contribution in [-0.2, 0) is 9.47 Å². The smallest absolute Gasteiger partial charge is 0.0875 e. The number of rotatable bonds is 0. The molecular weight excluding hydrogens is 212 g/mol. The van der Waals surface area contributed by atoms with Crippen molar-refractivity contribution < 1.29 is 9.47 Å². The van der Waals surface area contributed by atoms with Gasteiger partial charge in [0.25, 0.3) is 0 Å². The highest BCUT2D eigenvalue weighted by Crippen LogP contribution is 2.80. The standard InChI is InChI=1S/C15H18O2/c1-5-6-2-9-14(16-9)12(6)7(1)13-11(5)8-3-15(13)4-10(8)17-15/h5-14H,1-4H2. The minimum atomic E-state index is 0.400. The van der Waals surface area contributed by atoms with Gasteiger partial charge in [-0.3, -0.25) is 0 Å². The first-order chi connectivity index (χ1) is 8.36. The van der Waals surface area contributed by atoms with Crippen LogP contribution < -0.4 is 0 Å². The zero-order valence-electron chi connectivity index (χ0n) is 9.92. The summed E-state index contributed by atoms with van der Waals surface area (Å²) in [5, 5.41) is 0. The van der Waals surface area contributed by atoms with Crippen molar-refractivity contribution in [3.05, 3.63) is 0 Å². The van der Waals surface area contributed by atoms with E-state index in [1.807, 2.05) is 0 Å². The molecule has 11 unspecified atom stereocenters. The van der Waals surface area contributed by atoms with Gasteiger partial charge in [-0.25, -0.2) is 0 Å². The molecule has 5 saturated carbocycles. The quantitative estimate of drug-likeness (QED) is 0.592. The molecule has 5 bridgehead atoms. The van der Waals surface area contributed by atoms with Crippen LogP contribution in [0.5, 0.6) is 0 Å². The molecule has 0 aromatic heterocycles. The summed E-state index contributed by atoms with van der Waals surface area (Å²) in [4.78, 5) is 0. The summed E-state index contributed by atoms with van der Waals surface area (Å²) in [6.07, 6.45) is 7.92. The van der Waals surface area contributed by atoms with Crippen molar-refractivity contribution in [1.82, 2.24) is 0 Å². The highest BCUT2D eigenvalue weighted by atomic mass is 16.6. The Morgan fingerprint density at radius 3 is 2.65 bits per heavy atom. The van der Waals surface area contributed by atoms with Crippen LogP contribution in [0.2, 0.25) is 0 Å². The summed E-state index contributed by atoms with van der Waals surface area (Å²) in [6.45, 7) is 0. The molecule has 3 heterocycles. The van der Waals surface area contributed by atoms with E-state index >= 15 is 0 Å². The zero-order chi connectivity index (χ0) is 10.5. The van der Waals surface area contributed by atoms with Crippen molar-refractivity contribution in [2.24, 2.45) is 41.4 Å². The van der Waals surface area contributed by atoms with Gasteiger partial charge in [0.1, 0.15) is 0 Å². The van der Waals surface area contributed by atoms with E-state index in [0.29, 0.717) is 23.9 Å². The van der Waals surface area contributed by atoms with Crippen molar-refractivity contribution in [3.63, 3.8) is 0 Å². The molecule has 3 saturated heterocycles. The third-order valence-corrected chi connectivity index (χ3v) is 8.05. The average Bonchev–Trinajstić information content (AvgIpc) is 2.85. The Kier molecular flexibility index (Phi) is 0.968. The molecule has 0 radical (unpaired) electrons. The lowest BCUT2D eigenvalue weighted by Gasteiger charge is -2.55. The Morgan fingerprint density at radius 2 is 1.71 bits per heavy atom. The van der Waals surface area contributed by atoms with Gasteiger partial charge in [-0.15, -0.1) is 0 Å². The Labute approximate surface area is 101 Å². The predicted octanol–water partition coefficient (Wildman–Crippen LogP) is 1.83. The first kappa shape index (κ1) is 8.16. The Morgan fingerprint density at radius 1 is 0.824 bits per heavy atom. The zero-order valence-corrected chi connectivity index (χ0v) is 9.92. The second-order valence-electron chi connectivity index (χ2n) is 8.08. The summed E-state index contributed by atoms with van der Waals surface area (Å²) < 4.78 is 12.1. The van der Waals surface area contributed by atoms with Gasteiger partial charge in [0, 0.05) is 6.42 Å². The molecule has 8 rings (SSSR count). The normalized spacial score (nSPS) is 83.3. The molecule has 17 heavy (non-hydrogen) atoms. The fourth-order valence-electron chi connectivity index (χ4n) is 7.99. The van der Waals surface area contributed by atoms with Crippen molar-refractivity contribution in [2.45, 2.75) is 49.6 Å². The largest absolute Gasteiger partial charge is 0.371 e. The van der Waals surface area contributed by atoms with Crippen molar-refractivity contribution in [1.29, 1.82) is 0 Å². The van der Waals surface area contributed by atoms with Crippen LogP contribution in [0.25, 0.3) is 0 Å². The van der Waals surface area contributed by atoms with E-state index in [0.717, 1.165) is 41.4 Å². The number of hydrogen-bond acceptors (Lipinski definition) is 2. The van der Waals surface area contributed by atoms with E-state index in [2.05, 4.69) is 0 Å². The van der Waals surface area contributed by atoms with Crippen LogP contribution in [0.1, 0.15) is 25.7 Å². The summed E-state index contributed by atoms with van der Waals surface area (Å²) in [6, 6.07) is 0. The Bertz CT molecular complexity index is 454. The van der Waals surface area contributed by atoms with Crippen LogP contribution in [0, 0.1) is 41.4 Å². The van der Waals surface area contributed by atoms with Crippen molar-refractivity contribution >= 4 is 0 Å². The average molecular weight is 230 g/mol. The summed E-state index contributed by atoms with van der Waals surface area (Å²) in [5.41, 5.74) is 0.400. The van der Waals surface area contributed by atoms with E-state index in [1.165, 1.54) is 19.3 Å². The summed E-state index contributed by atoms with van der Waals surface area (Å²) >= 11 is 0. The van der Waals surface area contributed by atoms with E-state index in [-0.39, 0.29) is 0 Å². The second-order valence-corrected chi connectivity index (χ2v) is 8.08. The van der Waals surface area contributed by atoms with E-state index < -0.39 is 0 Å². The Hall–Kier alpha value is -0.0800. The maximum Gasteiger partial charge on any atom is 0.0875 e. The molecule has 2 heteroatoms. The lowest BCUT2D eigenvalue weighted by Crippen LogP contribution is -2.58. The van der Waals surface area contributed by atoms with Crippen molar-refractivity contribution in [3.8, 4) is 0 Å². The van der Waals surface area contributed by atoms with Crippen LogP contribution in [0.3, 0.4) is 0 Å². The lowest BCUT2D eigenvalue weighted by molar-refractivity contribution is -0.242. The monoisotopic (exact) mass is 230 g/mol. The Balaban J connectivity index is 1.42. The van der Waals surface area contributed by atoms with Gasteiger partial charge in [-0.1, -0.05) is 0 Å². The molecule has 5 aliphatic carbocycles. The van der Waals surface area contributed by atoms with Gasteiger partial charge in [0.15, 0.2) is 0 Å². The topological polar surface area (TPSA) is 21.8 Å². The molecule has 1 spiro atoms. The minimum absolute atomic E-state index is 0.400. The summed E-state index contributed by atoms with van der Waals surface area (Å²) in [5.74, 6) is 7.15. The van der Waals surface area contributed by atoms with E-state index in [1.54, 1.807) is 6.42 Å². The summed E-state index contributed by atoms with van der Waals surface area (Å²) in [7, 11) is 0. The maximum absolute atomic E-state index is 6.26. The third-order valence-electron chi connectivity index (χ3n) is 8.05. The molecule has 11 atom stereocenters. The van der Waals surface area contributed by atoms with Crippen LogP contribution in [0.4, 0.5) is 0 Å². The molecule has 0 aromatic rings. The lowest BCUT2D eigenvalue weighted by atomic mass is 9.60. The van der Waals surface area contributed by atoms with E-state index in [9.17, 15) is 0 Å². The number of ether oxygens (including phenoxy) is 2. The second kappa shape index (κ2) is 2.02. The number of epoxide rings is 1. The van der Waals surface area contributed by atoms with Crippen LogP contribution >= 0.6 is 0 Å². The highest BCUT2D eigenvalue weighted by molar-refractivity contribution is 5.29.